The highest BCUT2D eigenvalue weighted by atomic mass is 16.5. The van der Waals surface area contributed by atoms with Crippen LogP contribution in [0.15, 0.2) is 60.9 Å². The first-order valence-corrected chi connectivity index (χ1v) is 11.0. The van der Waals surface area contributed by atoms with Crippen LogP contribution in [0.25, 0.3) is 11.3 Å². The smallest absolute Gasteiger partial charge is 0.134 e. The van der Waals surface area contributed by atoms with Gasteiger partial charge in [-0.3, -0.25) is 4.90 Å². The molecule has 0 bridgehead atoms. The van der Waals surface area contributed by atoms with E-state index in [0.29, 0.717) is 0 Å². The van der Waals surface area contributed by atoms with E-state index in [0.717, 1.165) is 47.4 Å². The molecule has 6 heteroatoms. The van der Waals surface area contributed by atoms with Gasteiger partial charge in [0.15, 0.2) is 0 Å². The van der Waals surface area contributed by atoms with Gasteiger partial charge in [0.1, 0.15) is 24.5 Å². The topological polar surface area (TPSA) is 53.5 Å². The molecule has 31 heavy (non-hydrogen) atoms. The van der Waals surface area contributed by atoms with Gasteiger partial charge in [-0.15, -0.1) is 0 Å². The van der Waals surface area contributed by atoms with E-state index in [1.54, 1.807) is 6.33 Å². The van der Waals surface area contributed by atoms with Crippen molar-refractivity contribution in [2.24, 2.45) is 0 Å². The molecule has 2 aromatic carbocycles. The van der Waals surface area contributed by atoms with Crippen molar-refractivity contribution in [2.45, 2.75) is 19.3 Å². The van der Waals surface area contributed by atoms with Crippen molar-refractivity contribution in [2.75, 3.05) is 50.6 Å². The molecule has 1 saturated heterocycles. The number of likely N-dealkylation sites (tertiary alicyclic amines) is 1. The van der Waals surface area contributed by atoms with Crippen LogP contribution in [0.1, 0.15) is 19.3 Å². The second-order valence-corrected chi connectivity index (χ2v) is 8.13. The van der Waals surface area contributed by atoms with Gasteiger partial charge in [-0.05, 0) is 62.3 Å². The Hall–Kier alpha value is -3.12. The molecular weight excluding hydrogens is 386 g/mol. The molecule has 1 aliphatic rings. The average molecular weight is 418 g/mol. The fraction of sp³-hybridized carbons (Fsp3) is 0.360. The molecule has 2 heterocycles. The molecule has 162 valence electrons. The molecule has 0 radical (unpaired) electrons. The van der Waals surface area contributed by atoms with Crippen molar-refractivity contribution in [3.05, 3.63) is 60.9 Å². The van der Waals surface area contributed by atoms with E-state index < -0.39 is 0 Å². The molecule has 0 saturated carbocycles. The van der Waals surface area contributed by atoms with Crippen LogP contribution < -0.4 is 15.0 Å². The second kappa shape index (κ2) is 10.3. The van der Waals surface area contributed by atoms with Crippen LogP contribution >= 0.6 is 0 Å². The maximum atomic E-state index is 5.92. The van der Waals surface area contributed by atoms with Crippen LogP contribution in [-0.4, -0.2) is 55.2 Å². The Balaban J connectivity index is 1.33. The van der Waals surface area contributed by atoms with Crippen LogP contribution in [-0.2, 0) is 0 Å². The van der Waals surface area contributed by atoms with Crippen molar-refractivity contribution < 1.29 is 4.74 Å². The van der Waals surface area contributed by atoms with Crippen LogP contribution in [0.5, 0.6) is 5.75 Å². The molecule has 3 aromatic rings. The normalized spacial score (nSPS) is 14.3. The highest BCUT2D eigenvalue weighted by Crippen LogP contribution is 2.24. The van der Waals surface area contributed by atoms with E-state index in [1.165, 1.54) is 32.4 Å². The van der Waals surface area contributed by atoms with Gasteiger partial charge in [-0.2, -0.15) is 0 Å². The number of nitrogens with one attached hydrogen (secondary N) is 1. The Bertz CT molecular complexity index is 950. The fourth-order valence-corrected chi connectivity index (χ4v) is 3.77. The van der Waals surface area contributed by atoms with Crippen LogP contribution in [0.3, 0.4) is 0 Å². The predicted octanol–water partition coefficient (Wildman–Crippen LogP) is 4.82. The molecule has 1 fully saturated rings. The molecule has 0 aliphatic carbocycles. The third-order valence-corrected chi connectivity index (χ3v) is 5.60. The molecule has 4 rings (SSSR count). The Morgan fingerprint density at radius 2 is 1.68 bits per heavy atom. The largest absolute Gasteiger partial charge is 0.492 e. The lowest BCUT2D eigenvalue weighted by atomic mass is 10.1. The summed E-state index contributed by atoms with van der Waals surface area (Å²) in [7, 11) is 4.07. The van der Waals surface area contributed by atoms with Crippen molar-refractivity contribution in [1.29, 1.82) is 0 Å². The van der Waals surface area contributed by atoms with E-state index in [2.05, 4.69) is 49.4 Å². The first kappa shape index (κ1) is 21.1. The summed E-state index contributed by atoms with van der Waals surface area (Å²) in [5.74, 6) is 1.66. The lowest BCUT2D eigenvalue weighted by Gasteiger charge is -2.26. The number of benzene rings is 2. The maximum Gasteiger partial charge on any atom is 0.134 e. The van der Waals surface area contributed by atoms with Crippen molar-refractivity contribution in [3.8, 4) is 17.0 Å². The summed E-state index contributed by atoms with van der Waals surface area (Å²) in [6.45, 7) is 4.13. The Labute approximate surface area is 184 Å². The van der Waals surface area contributed by atoms with Gasteiger partial charge in [0.25, 0.3) is 0 Å². The van der Waals surface area contributed by atoms with E-state index in [4.69, 9.17) is 4.74 Å². The third kappa shape index (κ3) is 5.95. The first-order chi connectivity index (χ1) is 15.2. The third-order valence-electron chi connectivity index (χ3n) is 5.60. The number of ether oxygens (including phenoxy) is 1. The molecule has 1 aromatic heterocycles. The first-order valence-electron chi connectivity index (χ1n) is 11.0. The van der Waals surface area contributed by atoms with Crippen molar-refractivity contribution in [3.63, 3.8) is 0 Å². The van der Waals surface area contributed by atoms with Crippen molar-refractivity contribution in [1.82, 2.24) is 14.9 Å². The highest BCUT2D eigenvalue weighted by molar-refractivity contribution is 5.67. The minimum absolute atomic E-state index is 0.731. The number of aromatic nitrogens is 2. The summed E-state index contributed by atoms with van der Waals surface area (Å²) in [4.78, 5) is 13.4. The summed E-state index contributed by atoms with van der Waals surface area (Å²) < 4.78 is 5.92. The second-order valence-electron chi connectivity index (χ2n) is 8.13. The quantitative estimate of drug-likeness (QED) is 0.567. The minimum Gasteiger partial charge on any atom is -0.492 e. The molecule has 1 aliphatic heterocycles. The minimum atomic E-state index is 0.731. The average Bonchev–Trinajstić information content (AvgIpc) is 2.81. The number of hydrogen-bond donors (Lipinski definition) is 1. The van der Waals surface area contributed by atoms with E-state index in [9.17, 15) is 0 Å². The SMILES string of the molecule is CN(C)c1ccc(-c2cc(Nc3ccc(OCCN4CCCCC4)cc3)ncn2)cc1. The molecule has 6 nitrogen and oxygen atoms in total. The van der Waals surface area contributed by atoms with Gasteiger partial charge in [-0.1, -0.05) is 18.6 Å². The van der Waals surface area contributed by atoms with Gasteiger partial charge in [0, 0.05) is 43.6 Å². The maximum absolute atomic E-state index is 5.92. The van der Waals surface area contributed by atoms with Gasteiger partial charge in [0.2, 0.25) is 0 Å². The zero-order valence-electron chi connectivity index (χ0n) is 18.4. The lowest BCUT2D eigenvalue weighted by Crippen LogP contribution is -2.33. The zero-order valence-corrected chi connectivity index (χ0v) is 18.4. The van der Waals surface area contributed by atoms with Gasteiger partial charge >= 0.3 is 0 Å². The van der Waals surface area contributed by atoms with Crippen LogP contribution in [0, 0.1) is 0 Å². The van der Waals surface area contributed by atoms with Gasteiger partial charge in [-0.25, -0.2) is 9.97 Å². The molecule has 0 atom stereocenters. The molecule has 0 unspecified atom stereocenters. The Kier molecular flexibility index (Phi) is 6.99. The Morgan fingerprint density at radius 3 is 2.39 bits per heavy atom. The summed E-state index contributed by atoms with van der Waals surface area (Å²) in [5, 5.41) is 3.36. The molecular formula is C25H31N5O. The molecule has 0 amide bonds. The fourth-order valence-electron chi connectivity index (χ4n) is 3.77. The number of rotatable bonds is 8. The summed E-state index contributed by atoms with van der Waals surface area (Å²) in [6.07, 6.45) is 5.58. The Morgan fingerprint density at radius 1 is 0.935 bits per heavy atom. The van der Waals surface area contributed by atoms with E-state index in [-0.39, 0.29) is 0 Å². The number of piperidine rings is 1. The molecule has 1 N–H and O–H groups in total. The number of nitrogens with zero attached hydrogens (tertiary/aromatic N) is 4. The highest BCUT2D eigenvalue weighted by Gasteiger charge is 2.09. The van der Waals surface area contributed by atoms with Crippen LogP contribution in [0.4, 0.5) is 17.2 Å². The van der Waals surface area contributed by atoms with Gasteiger partial charge in [0.05, 0.1) is 5.69 Å². The van der Waals surface area contributed by atoms with Crippen molar-refractivity contribution >= 4 is 17.2 Å². The van der Waals surface area contributed by atoms with E-state index in [1.807, 2.05) is 44.4 Å². The monoisotopic (exact) mass is 417 g/mol. The summed E-state index contributed by atoms with van der Waals surface area (Å²) >= 11 is 0. The molecule has 0 spiro atoms. The van der Waals surface area contributed by atoms with Gasteiger partial charge < -0.3 is 15.0 Å². The predicted molar refractivity (Wildman–Crippen MR) is 127 cm³/mol. The summed E-state index contributed by atoms with van der Waals surface area (Å²) in [5.41, 5.74) is 4.08. The lowest BCUT2D eigenvalue weighted by molar-refractivity contribution is 0.183. The van der Waals surface area contributed by atoms with E-state index >= 15 is 0 Å². The zero-order chi connectivity index (χ0) is 21.5. The number of anilines is 3. The van der Waals surface area contributed by atoms with Crippen LogP contribution in [0.2, 0.25) is 0 Å². The standard InChI is InChI=1S/C25H31N5O/c1-29(2)22-10-6-20(7-11-22)24-18-25(27-19-26-24)28-21-8-12-23(13-9-21)31-17-16-30-14-4-3-5-15-30/h6-13,18-19H,3-5,14-17H2,1-2H3,(H,26,27,28). The number of hydrogen-bond acceptors (Lipinski definition) is 6. The summed E-state index contributed by atoms with van der Waals surface area (Å²) in [6, 6.07) is 18.3.